The molecule has 0 heterocycles. The van der Waals surface area contributed by atoms with Crippen LogP contribution in [0.2, 0.25) is 0 Å². The summed E-state index contributed by atoms with van der Waals surface area (Å²) in [6.45, 7) is 4.16. The summed E-state index contributed by atoms with van der Waals surface area (Å²) >= 11 is 0. The van der Waals surface area contributed by atoms with Crippen LogP contribution in [0.4, 0.5) is 0 Å². The molecule has 4 nitrogen and oxygen atoms in total. The van der Waals surface area contributed by atoms with Gasteiger partial charge in [-0.3, -0.25) is 4.79 Å². The van der Waals surface area contributed by atoms with E-state index in [0.29, 0.717) is 12.8 Å². The van der Waals surface area contributed by atoms with Gasteiger partial charge >= 0.3 is 5.95 Å². The molecule has 1 unspecified atom stereocenters. The number of carbonyl (C=O) groups excluding carboxylic acids is 1. The van der Waals surface area contributed by atoms with Gasteiger partial charge in [-0.1, -0.05) is 52.4 Å². The molecule has 4 heteroatoms. The number of unbranched alkanes of at least 4 members (excludes halogenated alkanes) is 4. The number of rotatable bonds is 10. The van der Waals surface area contributed by atoms with E-state index in [1.807, 2.05) is 6.92 Å². The molecule has 0 rings (SSSR count). The highest BCUT2D eigenvalue weighted by molar-refractivity contribution is 5.94. The van der Waals surface area contributed by atoms with Crippen molar-refractivity contribution >= 4 is 5.78 Å². The van der Waals surface area contributed by atoms with Crippen molar-refractivity contribution in [1.29, 1.82) is 0 Å². The zero-order valence-corrected chi connectivity index (χ0v) is 11.5. The number of aliphatic hydroxyl groups excluding tert-OH is 2. The van der Waals surface area contributed by atoms with Crippen molar-refractivity contribution in [2.45, 2.75) is 65.2 Å². The lowest BCUT2D eigenvalue weighted by Gasteiger charge is -2.14. The Labute approximate surface area is 109 Å². The Morgan fingerprint density at radius 2 is 1.44 bits per heavy atom. The molecule has 0 radical (unpaired) electrons. The number of allylic oxidation sites excluding steroid dienone is 1. The van der Waals surface area contributed by atoms with Crippen LogP contribution in [0.25, 0.3) is 0 Å². The van der Waals surface area contributed by atoms with Crippen LogP contribution in [-0.2, 0) is 4.79 Å². The topological polar surface area (TPSA) is 77.8 Å². The van der Waals surface area contributed by atoms with Gasteiger partial charge in [0, 0.05) is 5.92 Å². The predicted molar refractivity (Wildman–Crippen MR) is 71.7 cm³/mol. The normalized spacial score (nSPS) is 12.1. The second-order valence-electron chi connectivity index (χ2n) is 4.72. The highest BCUT2D eigenvalue weighted by Crippen LogP contribution is 2.21. The maximum atomic E-state index is 11.8. The Hall–Kier alpha value is -1.19. The van der Waals surface area contributed by atoms with Crippen molar-refractivity contribution in [1.82, 2.24) is 0 Å². The lowest BCUT2D eigenvalue weighted by atomic mass is 9.90. The summed E-state index contributed by atoms with van der Waals surface area (Å²) in [5, 5.41) is 26.8. The van der Waals surface area contributed by atoms with Gasteiger partial charge in [0.05, 0.1) is 0 Å². The van der Waals surface area contributed by atoms with E-state index < -0.39 is 17.5 Å². The van der Waals surface area contributed by atoms with Crippen LogP contribution in [0, 0.1) is 5.92 Å². The Kier molecular flexibility index (Phi) is 9.15. The van der Waals surface area contributed by atoms with E-state index in [0.717, 1.165) is 38.5 Å². The SMILES string of the molecule is CCCCCCC(CCCC)C(=O)C(O)=C(O)O. The number of hydrogen-bond donors (Lipinski definition) is 3. The minimum Gasteiger partial charge on any atom is -0.499 e. The molecule has 0 aromatic heterocycles. The molecule has 0 fully saturated rings. The third-order valence-corrected chi connectivity index (χ3v) is 3.13. The lowest BCUT2D eigenvalue weighted by Crippen LogP contribution is -2.18. The molecule has 0 aromatic carbocycles. The largest absolute Gasteiger partial charge is 0.499 e. The third-order valence-electron chi connectivity index (χ3n) is 3.13. The van der Waals surface area contributed by atoms with Crippen LogP contribution in [0.15, 0.2) is 11.7 Å². The molecular formula is C14H26O4. The lowest BCUT2D eigenvalue weighted by molar-refractivity contribution is -0.123. The molecular weight excluding hydrogens is 232 g/mol. The Balaban J connectivity index is 4.38. The Morgan fingerprint density at radius 3 is 1.94 bits per heavy atom. The smallest absolute Gasteiger partial charge is 0.322 e. The van der Waals surface area contributed by atoms with Gasteiger partial charge in [-0.25, -0.2) is 0 Å². The molecule has 0 saturated heterocycles. The second kappa shape index (κ2) is 9.80. The summed E-state index contributed by atoms with van der Waals surface area (Å²) in [6.07, 6.45) is 7.57. The van der Waals surface area contributed by atoms with E-state index >= 15 is 0 Å². The van der Waals surface area contributed by atoms with Crippen LogP contribution in [0.3, 0.4) is 0 Å². The average molecular weight is 258 g/mol. The maximum Gasteiger partial charge on any atom is 0.322 e. The first-order valence-corrected chi connectivity index (χ1v) is 6.89. The van der Waals surface area contributed by atoms with Crippen LogP contribution >= 0.6 is 0 Å². The second-order valence-corrected chi connectivity index (χ2v) is 4.72. The molecule has 0 spiro atoms. The predicted octanol–water partition coefficient (Wildman–Crippen LogP) is 4.18. The first-order chi connectivity index (χ1) is 8.54. The average Bonchev–Trinajstić information content (AvgIpc) is 2.36. The zero-order chi connectivity index (χ0) is 14.0. The number of carbonyl (C=O) groups is 1. The van der Waals surface area contributed by atoms with Gasteiger partial charge in [-0.05, 0) is 12.8 Å². The fourth-order valence-electron chi connectivity index (χ4n) is 1.98. The van der Waals surface area contributed by atoms with Gasteiger partial charge in [-0.15, -0.1) is 0 Å². The van der Waals surface area contributed by atoms with Crippen LogP contribution in [-0.4, -0.2) is 21.1 Å². The van der Waals surface area contributed by atoms with E-state index in [-0.39, 0.29) is 5.92 Å². The summed E-state index contributed by atoms with van der Waals surface area (Å²) in [6, 6.07) is 0. The molecule has 0 aliphatic rings. The number of Topliss-reactive ketones (excluding diaryl/α,β-unsaturated/α-hetero) is 1. The monoisotopic (exact) mass is 258 g/mol. The molecule has 1 atom stereocenters. The molecule has 0 aliphatic heterocycles. The molecule has 106 valence electrons. The summed E-state index contributed by atoms with van der Waals surface area (Å²) in [5.74, 6) is -3.00. The van der Waals surface area contributed by atoms with Crippen molar-refractivity contribution in [3.63, 3.8) is 0 Å². The minimum absolute atomic E-state index is 0.295. The van der Waals surface area contributed by atoms with Crippen molar-refractivity contribution < 1.29 is 20.1 Å². The van der Waals surface area contributed by atoms with E-state index in [9.17, 15) is 9.90 Å². The maximum absolute atomic E-state index is 11.8. The fourth-order valence-corrected chi connectivity index (χ4v) is 1.98. The van der Waals surface area contributed by atoms with Gasteiger partial charge in [0.25, 0.3) is 0 Å². The highest BCUT2D eigenvalue weighted by atomic mass is 16.5. The summed E-state index contributed by atoms with van der Waals surface area (Å²) in [7, 11) is 0. The molecule has 0 saturated carbocycles. The number of aliphatic hydroxyl groups is 3. The van der Waals surface area contributed by atoms with Gasteiger partial charge in [-0.2, -0.15) is 0 Å². The standard InChI is InChI=1S/C14H26O4/c1-3-5-7-8-10-11(9-6-4-2)12(15)13(16)14(17)18/h11,16-18H,3-10H2,1-2H3. The number of ketones is 1. The molecule has 0 bridgehead atoms. The van der Waals surface area contributed by atoms with E-state index in [2.05, 4.69) is 6.92 Å². The van der Waals surface area contributed by atoms with Gasteiger partial charge in [0.2, 0.25) is 11.5 Å². The Morgan fingerprint density at radius 1 is 0.889 bits per heavy atom. The quantitative estimate of drug-likeness (QED) is 0.312. The zero-order valence-electron chi connectivity index (χ0n) is 11.5. The van der Waals surface area contributed by atoms with E-state index in [1.165, 1.54) is 0 Å². The Bertz CT molecular complexity index is 267. The molecule has 0 amide bonds. The van der Waals surface area contributed by atoms with Crippen molar-refractivity contribution in [3.05, 3.63) is 11.7 Å². The van der Waals surface area contributed by atoms with Gasteiger partial charge < -0.3 is 15.3 Å². The van der Waals surface area contributed by atoms with Gasteiger partial charge in [0.15, 0.2) is 0 Å². The van der Waals surface area contributed by atoms with E-state index in [4.69, 9.17) is 10.2 Å². The van der Waals surface area contributed by atoms with Crippen molar-refractivity contribution in [2.75, 3.05) is 0 Å². The molecule has 0 aromatic rings. The fraction of sp³-hybridized carbons (Fsp3) is 0.786. The van der Waals surface area contributed by atoms with Crippen LogP contribution in [0.5, 0.6) is 0 Å². The highest BCUT2D eigenvalue weighted by Gasteiger charge is 2.24. The van der Waals surface area contributed by atoms with Crippen molar-refractivity contribution in [2.24, 2.45) is 5.92 Å². The first kappa shape index (κ1) is 16.8. The molecule has 3 N–H and O–H groups in total. The van der Waals surface area contributed by atoms with Gasteiger partial charge in [0.1, 0.15) is 0 Å². The number of hydrogen-bond acceptors (Lipinski definition) is 4. The summed E-state index contributed by atoms with van der Waals surface area (Å²) in [4.78, 5) is 11.8. The first-order valence-electron chi connectivity index (χ1n) is 6.89. The minimum atomic E-state index is -1.27. The summed E-state index contributed by atoms with van der Waals surface area (Å²) in [5.41, 5.74) is 0. The molecule has 18 heavy (non-hydrogen) atoms. The van der Waals surface area contributed by atoms with E-state index in [1.54, 1.807) is 0 Å². The van der Waals surface area contributed by atoms with Crippen LogP contribution in [0.1, 0.15) is 65.2 Å². The van der Waals surface area contributed by atoms with Crippen LogP contribution < -0.4 is 0 Å². The third kappa shape index (κ3) is 6.52. The van der Waals surface area contributed by atoms with Crippen molar-refractivity contribution in [3.8, 4) is 0 Å². The summed E-state index contributed by atoms with van der Waals surface area (Å²) < 4.78 is 0. The molecule has 0 aliphatic carbocycles.